The zero-order valence-corrected chi connectivity index (χ0v) is 6.61. The second kappa shape index (κ2) is 2.42. The van der Waals surface area contributed by atoms with E-state index in [2.05, 4.69) is 0 Å². The number of hydrogen-bond acceptors (Lipinski definition) is 2. The van der Waals surface area contributed by atoms with E-state index in [1.54, 1.807) is 13.8 Å². The fraction of sp³-hybridized carbons (Fsp3) is 0.250. The summed E-state index contributed by atoms with van der Waals surface area (Å²) in [6, 6.07) is 1.25. The molecule has 1 aromatic rings. The van der Waals surface area contributed by atoms with Crippen LogP contribution in [-0.2, 0) is 0 Å². The zero-order valence-electron chi connectivity index (χ0n) is 6.61. The van der Waals surface area contributed by atoms with Crippen LogP contribution in [0.5, 0.6) is 0 Å². The van der Waals surface area contributed by atoms with Gasteiger partial charge in [0.05, 0.1) is 11.4 Å². The minimum Gasteiger partial charge on any atom is -0.397 e. The number of rotatable bonds is 0. The Bertz CT molecular complexity index is 268. The summed E-state index contributed by atoms with van der Waals surface area (Å²) >= 11 is 0. The monoisotopic (exact) mass is 154 g/mol. The van der Waals surface area contributed by atoms with Crippen molar-refractivity contribution in [2.45, 2.75) is 13.8 Å². The highest BCUT2D eigenvalue weighted by atomic mass is 19.1. The predicted molar refractivity (Wildman–Crippen MR) is 44.7 cm³/mol. The van der Waals surface area contributed by atoms with Crippen LogP contribution in [0.1, 0.15) is 11.1 Å². The lowest BCUT2D eigenvalue weighted by Crippen LogP contribution is -2.01. The van der Waals surface area contributed by atoms with Crippen molar-refractivity contribution in [3.05, 3.63) is 23.0 Å². The van der Waals surface area contributed by atoms with E-state index < -0.39 is 0 Å². The van der Waals surface area contributed by atoms with Crippen LogP contribution in [0.25, 0.3) is 0 Å². The fourth-order valence-corrected chi connectivity index (χ4v) is 0.920. The van der Waals surface area contributed by atoms with E-state index in [-0.39, 0.29) is 5.82 Å². The molecule has 0 radical (unpaired) electrons. The van der Waals surface area contributed by atoms with Gasteiger partial charge in [-0.15, -0.1) is 0 Å². The molecule has 0 fully saturated rings. The molecule has 0 aliphatic rings. The quantitative estimate of drug-likeness (QED) is 0.558. The third-order valence-corrected chi connectivity index (χ3v) is 1.92. The number of anilines is 2. The molecule has 0 aliphatic heterocycles. The largest absolute Gasteiger partial charge is 0.397 e. The molecule has 1 rings (SSSR count). The molecule has 0 amide bonds. The summed E-state index contributed by atoms with van der Waals surface area (Å²) in [5.41, 5.74) is 13.1. The van der Waals surface area contributed by atoms with Gasteiger partial charge in [-0.1, -0.05) is 0 Å². The number of nitrogens with two attached hydrogens (primary N) is 2. The fourth-order valence-electron chi connectivity index (χ4n) is 0.920. The maximum Gasteiger partial charge on any atom is 0.128 e. The molecule has 0 atom stereocenters. The maximum atomic E-state index is 12.9. The van der Waals surface area contributed by atoms with E-state index in [1.165, 1.54) is 6.07 Å². The third-order valence-electron chi connectivity index (χ3n) is 1.92. The molecule has 0 aliphatic carbocycles. The standard InChI is InChI=1S/C8H11FN2/c1-4-5(2)8(11)7(10)3-6(4)9/h3H,10-11H2,1-2H3. The van der Waals surface area contributed by atoms with Gasteiger partial charge in [-0.25, -0.2) is 4.39 Å². The average Bonchev–Trinajstić information content (AvgIpc) is 1.97. The van der Waals surface area contributed by atoms with E-state index in [1.807, 2.05) is 0 Å². The highest BCUT2D eigenvalue weighted by molar-refractivity contribution is 5.68. The van der Waals surface area contributed by atoms with Crippen molar-refractivity contribution in [3.63, 3.8) is 0 Å². The van der Waals surface area contributed by atoms with E-state index in [9.17, 15) is 4.39 Å². The van der Waals surface area contributed by atoms with Crippen molar-refractivity contribution in [1.29, 1.82) is 0 Å². The summed E-state index contributed by atoms with van der Waals surface area (Å²) < 4.78 is 12.9. The van der Waals surface area contributed by atoms with Gasteiger partial charge in [-0.3, -0.25) is 0 Å². The van der Waals surface area contributed by atoms with Gasteiger partial charge in [0.15, 0.2) is 0 Å². The van der Waals surface area contributed by atoms with Gasteiger partial charge in [0, 0.05) is 0 Å². The van der Waals surface area contributed by atoms with Crippen molar-refractivity contribution in [3.8, 4) is 0 Å². The molecule has 0 saturated carbocycles. The molecule has 11 heavy (non-hydrogen) atoms. The van der Waals surface area contributed by atoms with Gasteiger partial charge in [-0.2, -0.15) is 0 Å². The molecule has 2 nitrogen and oxygen atoms in total. The summed E-state index contributed by atoms with van der Waals surface area (Å²) in [4.78, 5) is 0. The van der Waals surface area contributed by atoms with E-state index in [0.717, 1.165) is 5.56 Å². The summed E-state index contributed by atoms with van der Waals surface area (Å²) in [5.74, 6) is -0.297. The molecule has 1 aromatic carbocycles. The van der Waals surface area contributed by atoms with Crippen LogP contribution < -0.4 is 11.5 Å². The van der Waals surface area contributed by atoms with Crippen LogP contribution in [0, 0.1) is 19.7 Å². The normalized spacial score (nSPS) is 10.1. The highest BCUT2D eigenvalue weighted by Gasteiger charge is 2.06. The molecular formula is C8H11FN2. The van der Waals surface area contributed by atoms with Crippen molar-refractivity contribution in [1.82, 2.24) is 0 Å². The SMILES string of the molecule is Cc1c(F)cc(N)c(N)c1C. The molecule has 60 valence electrons. The second-order valence-corrected chi connectivity index (χ2v) is 2.61. The topological polar surface area (TPSA) is 52.0 Å². The first-order valence-electron chi connectivity index (χ1n) is 3.34. The van der Waals surface area contributed by atoms with E-state index in [4.69, 9.17) is 11.5 Å². The van der Waals surface area contributed by atoms with Gasteiger partial charge in [-0.05, 0) is 31.0 Å². The predicted octanol–water partition coefficient (Wildman–Crippen LogP) is 1.61. The van der Waals surface area contributed by atoms with Crippen molar-refractivity contribution >= 4 is 11.4 Å². The van der Waals surface area contributed by atoms with Crippen molar-refractivity contribution in [2.75, 3.05) is 11.5 Å². The van der Waals surface area contributed by atoms with Crippen molar-refractivity contribution in [2.24, 2.45) is 0 Å². The Labute approximate surface area is 65.0 Å². The second-order valence-electron chi connectivity index (χ2n) is 2.61. The van der Waals surface area contributed by atoms with Crippen LogP contribution in [0.2, 0.25) is 0 Å². The highest BCUT2D eigenvalue weighted by Crippen LogP contribution is 2.24. The Hall–Kier alpha value is -1.25. The maximum absolute atomic E-state index is 12.9. The van der Waals surface area contributed by atoms with E-state index in [0.29, 0.717) is 16.9 Å². The lowest BCUT2D eigenvalue weighted by atomic mass is 10.1. The summed E-state index contributed by atoms with van der Waals surface area (Å²) in [5, 5.41) is 0. The first-order valence-corrected chi connectivity index (χ1v) is 3.34. The van der Waals surface area contributed by atoms with Gasteiger partial charge < -0.3 is 11.5 Å². The van der Waals surface area contributed by atoms with E-state index >= 15 is 0 Å². The number of halogens is 1. The van der Waals surface area contributed by atoms with Gasteiger partial charge in [0.2, 0.25) is 0 Å². The minimum absolute atomic E-state index is 0.297. The molecular weight excluding hydrogens is 143 g/mol. The molecule has 0 bridgehead atoms. The lowest BCUT2D eigenvalue weighted by molar-refractivity contribution is 0.618. The number of nitrogen functional groups attached to an aromatic ring is 2. The van der Waals surface area contributed by atoms with Crippen LogP contribution in [0.15, 0.2) is 6.07 Å². The Kier molecular flexibility index (Phi) is 1.72. The zero-order chi connectivity index (χ0) is 8.59. The van der Waals surface area contributed by atoms with Gasteiger partial charge in [0.1, 0.15) is 5.82 Å². The summed E-state index contributed by atoms with van der Waals surface area (Å²) in [6.07, 6.45) is 0. The van der Waals surface area contributed by atoms with Crippen LogP contribution in [0.3, 0.4) is 0 Å². The summed E-state index contributed by atoms with van der Waals surface area (Å²) in [6.45, 7) is 3.44. The van der Waals surface area contributed by atoms with Crippen molar-refractivity contribution < 1.29 is 4.39 Å². The Morgan fingerprint density at radius 3 is 2.27 bits per heavy atom. The molecule has 0 unspecified atom stereocenters. The first-order chi connectivity index (χ1) is 5.04. The smallest absolute Gasteiger partial charge is 0.128 e. The molecule has 3 heteroatoms. The Balaban J connectivity index is 3.46. The summed E-state index contributed by atoms with van der Waals surface area (Å²) in [7, 11) is 0. The first kappa shape index (κ1) is 7.85. The van der Waals surface area contributed by atoms with Gasteiger partial charge >= 0.3 is 0 Å². The molecule has 0 aromatic heterocycles. The number of hydrogen-bond donors (Lipinski definition) is 2. The van der Waals surface area contributed by atoms with Crippen LogP contribution in [0.4, 0.5) is 15.8 Å². The van der Waals surface area contributed by atoms with Crippen LogP contribution in [-0.4, -0.2) is 0 Å². The molecule has 0 saturated heterocycles. The minimum atomic E-state index is -0.297. The van der Waals surface area contributed by atoms with Gasteiger partial charge in [0.25, 0.3) is 0 Å². The Morgan fingerprint density at radius 1 is 1.18 bits per heavy atom. The number of benzene rings is 1. The van der Waals surface area contributed by atoms with Crippen LogP contribution >= 0.6 is 0 Å². The molecule has 0 spiro atoms. The third kappa shape index (κ3) is 1.13. The average molecular weight is 154 g/mol. The Morgan fingerprint density at radius 2 is 1.73 bits per heavy atom. The molecule has 4 N–H and O–H groups in total. The lowest BCUT2D eigenvalue weighted by Gasteiger charge is -2.07. The molecule has 0 heterocycles.